The molecule has 0 saturated carbocycles. The van der Waals surface area contributed by atoms with Crippen molar-refractivity contribution in [3.8, 4) is 0 Å². The fourth-order valence-corrected chi connectivity index (χ4v) is 2.69. The molecule has 0 N–H and O–H groups in total. The van der Waals surface area contributed by atoms with E-state index in [9.17, 15) is 0 Å². The molecular weight excluding hydrogens is 276 g/mol. The molecule has 1 aliphatic heterocycles. The Hall–Kier alpha value is -2.01. The number of hydrogen-bond acceptors (Lipinski definition) is 5. The summed E-state index contributed by atoms with van der Waals surface area (Å²) >= 11 is 0. The number of aromatic nitrogens is 3. The Kier molecular flexibility index (Phi) is 4.63. The van der Waals surface area contributed by atoms with E-state index >= 15 is 0 Å². The zero-order valence-corrected chi connectivity index (χ0v) is 13.2. The van der Waals surface area contributed by atoms with Gasteiger partial charge in [0.25, 0.3) is 0 Å². The number of anilines is 1. The zero-order valence-electron chi connectivity index (χ0n) is 13.2. The van der Waals surface area contributed by atoms with Crippen molar-refractivity contribution < 1.29 is 4.74 Å². The summed E-state index contributed by atoms with van der Waals surface area (Å²) in [6.45, 7) is 4.44. The molecule has 22 heavy (non-hydrogen) atoms. The standard InChI is InChI=1S/C17H22N4O/c1-13-19-16(14-7-10-22-12-14)11-17(20-13)21(2)9-6-15-5-3-4-8-18-15/h3-5,8,11,14H,6-7,9-10,12H2,1-2H3/t14-/m0/s1. The third kappa shape index (κ3) is 3.60. The van der Waals surface area contributed by atoms with Crippen LogP contribution >= 0.6 is 0 Å². The normalized spacial score (nSPS) is 17.6. The van der Waals surface area contributed by atoms with Gasteiger partial charge in [-0.05, 0) is 25.5 Å². The van der Waals surface area contributed by atoms with Crippen LogP contribution in [0, 0.1) is 6.92 Å². The molecule has 3 heterocycles. The van der Waals surface area contributed by atoms with Gasteiger partial charge in [0, 0.05) is 50.5 Å². The van der Waals surface area contributed by atoms with Crippen molar-refractivity contribution in [2.45, 2.75) is 25.7 Å². The van der Waals surface area contributed by atoms with Crippen LogP contribution in [0.4, 0.5) is 5.82 Å². The molecule has 0 spiro atoms. The lowest BCUT2D eigenvalue weighted by atomic mass is 10.0. The zero-order chi connectivity index (χ0) is 15.4. The van der Waals surface area contributed by atoms with E-state index in [4.69, 9.17) is 4.74 Å². The Labute approximate surface area is 131 Å². The first kappa shape index (κ1) is 14.9. The van der Waals surface area contributed by atoms with Crippen molar-refractivity contribution in [2.24, 2.45) is 0 Å². The molecule has 2 aromatic rings. The van der Waals surface area contributed by atoms with E-state index in [2.05, 4.69) is 39.0 Å². The number of likely N-dealkylation sites (N-methyl/N-ethyl adjacent to an activating group) is 1. The topological polar surface area (TPSA) is 51.1 Å². The lowest BCUT2D eigenvalue weighted by Crippen LogP contribution is -2.22. The van der Waals surface area contributed by atoms with Crippen LogP contribution in [-0.4, -0.2) is 41.8 Å². The lowest BCUT2D eigenvalue weighted by Gasteiger charge is -2.20. The molecule has 1 saturated heterocycles. The van der Waals surface area contributed by atoms with Crippen molar-refractivity contribution in [3.05, 3.63) is 47.7 Å². The molecule has 3 rings (SSSR count). The Morgan fingerprint density at radius 3 is 2.95 bits per heavy atom. The van der Waals surface area contributed by atoms with Gasteiger partial charge in [-0.1, -0.05) is 6.07 Å². The van der Waals surface area contributed by atoms with E-state index in [1.807, 2.05) is 25.3 Å². The van der Waals surface area contributed by atoms with Crippen molar-refractivity contribution in [3.63, 3.8) is 0 Å². The number of ether oxygens (including phenoxy) is 1. The van der Waals surface area contributed by atoms with Crippen LogP contribution < -0.4 is 4.90 Å². The van der Waals surface area contributed by atoms with E-state index in [0.717, 1.165) is 55.6 Å². The molecule has 1 atom stereocenters. The highest BCUT2D eigenvalue weighted by molar-refractivity contribution is 5.40. The maximum Gasteiger partial charge on any atom is 0.132 e. The fourth-order valence-electron chi connectivity index (χ4n) is 2.69. The van der Waals surface area contributed by atoms with E-state index < -0.39 is 0 Å². The van der Waals surface area contributed by atoms with Crippen LogP contribution in [0.25, 0.3) is 0 Å². The number of aryl methyl sites for hydroxylation is 1. The monoisotopic (exact) mass is 298 g/mol. The highest BCUT2D eigenvalue weighted by atomic mass is 16.5. The number of hydrogen-bond donors (Lipinski definition) is 0. The van der Waals surface area contributed by atoms with Crippen molar-refractivity contribution in [1.29, 1.82) is 0 Å². The van der Waals surface area contributed by atoms with Gasteiger partial charge in [0.1, 0.15) is 11.6 Å². The minimum absolute atomic E-state index is 0.407. The van der Waals surface area contributed by atoms with Gasteiger partial charge >= 0.3 is 0 Å². The predicted molar refractivity (Wildman–Crippen MR) is 86.2 cm³/mol. The summed E-state index contributed by atoms with van der Waals surface area (Å²) in [4.78, 5) is 15.7. The first-order chi connectivity index (χ1) is 10.7. The second-order valence-corrected chi connectivity index (χ2v) is 5.75. The van der Waals surface area contributed by atoms with Crippen LogP contribution in [0.5, 0.6) is 0 Å². The Morgan fingerprint density at radius 2 is 2.23 bits per heavy atom. The summed E-state index contributed by atoms with van der Waals surface area (Å²) in [5, 5.41) is 0. The Morgan fingerprint density at radius 1 is 1.32 bits per heavy atom. The molecule has 1 aliphatic rings. The largest absolute Gasteiger partial charge is 0.381 e. The molecule has 5 heteroatoms. The van der Waals surface area contributed by atoms with Gasteiger partial charge in [-0.2, -0.15) is 0 Å². The van der Waals surface area contributed by atoms with E-state index in [1.165, 1.54) is 0 Å². The highest BCUT2D eigenvalue weighted by Gasteiger charge is 2.20. The second-order valence-electron chi connectivity index (χ2n) is 5.75. The Balaban J connectivity index is 1.70. The molecule has 5 nitrogen and oxygen atoms in total. The average molecular weight is 298 g/mol. The second kappa shape index (κ2) is 6.83. The molecule has 0 amide bonds. The minimum Gasteiger partial charge on any atom is -0.381 e. The van der Waals surface area contributed by atoms with E-state index in [0.29, 0.717) is 5.92 Å². The summed E-state index contributed by atoms with van der Waals surface area (Å²) in [5.41, 5.74) is 2.20. The molecule has 0 aromatic carbocycles. The first-order valence-corrected chi connectivity index (χ1v) is 7.77. The predicted octanol–water partition coefficient (Wildman–Crippen LogP) is 2.36. The SMILES string of the molecule is Cc1nc([C@H]2CCOC2)cc(N(C)CCc2ccccn2)n1. The van der Waals surface area contributed by atoms with Gasteiger partial charge in [0.2, 0.25) is 0 Å². The van der Waals surface area contributed by atoms with Gasteiger partial charge in [0.05, 0.1) is 12.3 Å². The van der Waals surface area contributed by atoms with Gasteiger partial charge in [-0.15, -0.1) is 0 Å². The van der Waals surface area contributed by atoms with Crippen molar-refractivity contribution >= 4 is 5.82 Å². The summed E-state index contributed by atoms with van der Waals surface area (Å²) in [6, 6.07) is 8.12. The summed E-state index contributed by atoms with van der Waals surface area (Å²) in [7, 11) is 2.07. The molecule has 0 bridgehead atoms. The average Bonchev–Trinajstić information content (AvgIpc) is 3.07. The first-order valence-electron chi connectivity index (χ1n) is 7.77. The summed E-state index contributed by atoms with van der Waals surface area (Å²) in [5.74, 6) is 2.21. The molecule has 2 aromatic heterocycles. The van der Waals surface area contributed by atoms with Crippen molar-refractivity contribution in [1.82, 2.24) is 15.0 Å². The van der Waals surface area contributed by atoms with Crippen LogP contribution in [0.1, 0.15) is 29.6 Å². The Bertz CT molecular complexity index is 611. The maximum absolute atomic E-state index is 5.47. The molecule has 116 valence electrons. The van der Waals surface area contributed by atoms with Crippen LogP contribution in [0.2, 0.25) is 0 Å². The van der Waals surface area contributed by atoms with Crippen LogP contribution in [0.15, 0.2) is 30.5 Å². The van der Waals surface area contributed by atoms with Gasteiger partial charge in [-0.3, -0.25) is 4.98 Å². The van der Waals surface area contributed by atoms with E-state index in [1.54, 1.807) is 0 Å². The number of pyridine rings is 1. The summed E-state index contributed by atoms with van der Waals surface area (Å²) < 4.78 is 5.47. The highest BCUT2D eigenvalue weighted by Crippen LogP contribution is 2.25. The van der Waals surface area contributed by atoms with Crippen LogP contribution in [-0.2, 0) is 11.2 Å². The van der Waals surface area contributed by atoms with Gasteiger partial charge in [0.15, 0.2) is 0 Å². The maximum atomic E-state index is 5.47. The molecule has 1 fully saturated rings. The molecular formula is C17H22N4O. The number of rotatable bonds is 5. The smallest absolute Gasteiger partial charge is 0.132 e. The van der Waals surface area contributed by atoms with Gasteiger partial charge < -0.3 is 9.64 Å². The summed E-state index contributed by atoms with van der Waals surface area (Å²) in [6.07, 6.45) is 3.79. The molecule has 0 aliphatic carbocycles. The van der Waals surface area contributed by atoms with Crippen molar-refractivity contribution in [2.75, 3.05) is 31.7 Å². The quantitative estimate of drug-likeness (QED) is 0.848. The third-order valence-electron chi connectivity index (χ3n) is 4.01. The molecule has 0 unspecified atom stereocenters. The van der Waals surface area contributed by atoms with Crippen LogP contribution in [0.3, 0.4) is 0 Å². The third-order valence-corrected chi connectivity index (χ3v) is 4.01. The number of nitrogens with zero attached hydrogens (tertiary/aromatic N) is 4. The molecule has 0 radical (unpaired) electrons. The van der Waals surface area contributed by atoms with Gasteiger partial charge in [-0.25, -0.2) is 9.97 Å². The minimum atomic E-state index is 0.407. The lowest BCUT2D eigenvalue weighted by molar-refractivity contribution is 0.193. The van der Waals surface area contributed by atoms with E-state index in [-0.39, 0.29) is 0 Å². The fraction of sp³-hybridized carbons (Fsp3) is 0.471.